The molecule has 28 heavy (non-hydrogen) atoms. The van der Waals surface area contributed by atoms with Crippen LogP contribution in [0.25, 0.3) is 5.69 Å². The molecule has 0 unspecified atom stereocenters. The van der Waals surface area contributed by atoms with Crippen molar-refractivity contribution >= 4 is 5.91 Å². The van der Waals surface area contributed by atoms with Crippen molar-refractivity contribution in [2.45, 2.75) is 18.6 Å². The Hall–Kier alpha value is -3.19. The standard InChI is InChI=1S/C21H20FN3O3/c22-15-5-3-6-16(13-15)28-20-14-27-12-9-18(20)24-21(26)17-7-1-2-8-19(17)25-11-4-10-23-25/h1-8,10-11,13,18,20H,9,12,14H2,(H,24,26)/t18-,20-/m1/s1. The fraction of sp³-hybridized carbons (Fsp3) is 0.238. The molecule has 4 rings (SSSR count). The normalized spacial score (nSPS) is 19.2. The average Bonchev–Trinajstić information content (AvgIpc) is 3.24. The van der Waals surface area contributed by atoms with Crippen LogP contribution in [0.2, 0.25) is 0 Å². The van der Waals surface area contributed by atoms with Crippen molar-refractivity contribution in [1.29, 1.82) is 0 Å². The van der Waals surface area contributed by atoms with Gasteiger partial charge in [-0.3, -0.25) is 4.79 Å². The zero-order valence-corrected chi connectivity index (χ0v) is 15.1. The van der Waals surface area contributed by atoms with E-state index < -0.39 is 6.10 Å². The van der Waals surface area contributed by atoms with Gasteiger partial charge in [0.1, 0.15) is 17.7 Å². The Morgan fingerprint density at radius 3 is 2.93 bits per heavy atom. The minimum atomic E-state index is -0.406. The summed E-state index contributed by atoms with van der Waals surface area (Å²) < 4.78 is 26.5. The minimum Gasteiger partial charge on any atom is -0.486 e. The van der Waals surface area contributed by atoms with Crippen LogP contribution < -0.4 is 10.1 Å². The molecule has 2 heterocycles. The number of ether oxygens (including phenoxy) is 2. The number of para-hydroxylation sites is 1. The second-order valence-corrected chi connectivity index (χ2v) is 6.53. The van der Waals surface area contributed by atoms with Gasteiger partial charge in [0, 0.05) is 25.1 Å². The third-order valence-electron chi connectivity index (χ3n) is 4.60. The molecule has 1 saturated heterocycles. The molecule has 1 amide bonds. The van der Waals surface area contributed by atoms with Crippen LogP contribution in [-0.2, 0) is 4.74 Å². The topological polar surface area (TPSA) is 65.4 Å². The first kappa shape index (κ1) is 18.2. The van der Waals surface area contributed by atoms with Crippen molar-refractivity contribution in [2.75, 3.05) is 13.2 Å². The number of rotatable bonds is 5. The quantitative estimate of drug-likeness (QED) is 0.738. The number of carbonyl (C=O) groups is 1. The molecule has 1 aliphatic heterocycles. The number of halogens is 1. The van der Waals surface area contributed by atoms with Crippen LogP contribution >= 0.6 is 0 Å². The molecule has 7 heteroatoms. The lowest BCUT2D eigenvalue weighted by Crippen LogP contribution is -2.51. The van der Waals surface area contributed by atoms with Gasteiger partial charge in [-0.05, 0) is 36.8 Å². The molecule has 3 aromatic rings. The van der Waals surface area contributed by atoms with E-state index in [-0.39, 0.29) is 17.8 Å². The smallest absolute Gasteiger partial charge is 0.253 e. The van der Waals surface area contributed by atoms with E-state index in [0.29, 0.717) is 36.6 Å². The predicted octanol–water partition coefficient (Wildman–Crippen LogP) is 2.98. The molecule has 0 spiro atoms. The lowest BCUT2D eigenvalue weighted by Gasteiger charge is -2.32. The molecular weight excluding hydrogens is 361 g/mol. The highest BCUT2D eigenvalue weighted by Crippen LogP contribution is 2.20. The maximum Gasteiger partial charge on any atom is 0.253 e. The van der Waals surface area contributed by atoms with Crippen LogP contribution in [-0.4, -0.2) is 41.0 Å². The van der Waals surface area contributed by atoms with Crippen molar-refractivity contribution < 1.29 is 18.7 Å². The number of aromatic nitrogens is 2. The minimum absolute atomic E-state index is 0.217. The number of amides is 1. The first-order valence-electron chi connectivity index (χ1n) is 9.10. The van der Waals surface area contributed by atoms with Crippen LogP contribution in [0.15, 0.2) is 67.0 Å². The molecule has 1 fully saturated rings. The number of benzene rings is 2. The van der Waals surface area contributed by atoms with Crippen LogP contribution in [0.4, 0.5) is 4.39 Å². The van der Waals surface area contributed by atoms with E-state index in [1.807, 2.05) is 18.2 Å². The molecule has 0 aliphatic carbocycles. The number of carbonyl (C=O) groups excluding carboxylic acids is 1. The van der Waals surface area contributed by atoms with Crippen LogP contribution in [0.1, 0.15) is 16.8 Å². The van der Waals surface area contributed by atoms with Crippen molar-refractivity contribution in [3.63, 3.8) is 0 Å². The van der Waals surface area contributed by atoms with Gasteiger partial charge >= 0.3 is 0 Å². The molecule has 1 N–H and O–H groups in total. The Bertz CT molecular complexity index is 946. The van der Waals surface area contributed by atoms with E-state index >= 15 is 0 Å². The van der Waals surface area contributed by atoms with Gasteiger partial charge in [0.15, 0.2) is 0 Å². The summed E-state index contributed by atoms with van der Waals surface area (Å²) in [5.74, 6) is -0.180. The fourth-order valence-electron chi connectivity index (χ4n) is 3.23. The number of nitrogens with one attached hydrogen (secondary N) is 1. The third-order valence-corrected chi connectivity index (χ3v) is 4.60. The highest BCUT2D eigenvalue weighted by atomic mass is 19.1. The van der Waals surface area contributed by atoms with Gasteiger partial charge in [-0.1, -0.05) is 18.2 Å². The monoisotopic (exact) mass is 381 g/mol. The van der Waals surface area contributed by atoms with Crippen LogP contribution in [0.3, 0.4) is 0 Å². The zero-order valence-electron chi connectivity index (χ0n) is 15.1. The number of nitrogens with zero attached hydrogens (tertiary/aromatic N) is 2. The van der Waals surface area contributed by atoms with E-state index in [2.05, 4.69) is 10.4 Å². The predicted molar refractivity (Wildman–Crippen MR) is 101 cm³/mol. The summed E-state index contributed by atoms with van der Waals surface area (Å²) in [7, 11) is 0. The molecule has 1 aliphatic rings. The van der Waals surface area contributed by atoms with E-state index in [9.17, 15) is 9.18 Å². The average molecular weight is 381 g/mol. The van der Waals surface area contributed by atoms with Gasteiger partial charge in [-0.25, -0.2) is 9.07 Å². The summed E-state index contributed by atoms with van der Waals surface area (Å²) in [5, 5.41) is 7.26. The molecule has 0 bridgehead atoms. The Kier molecular flexibility index (Phi) is 5.34. The highest BCUT2D eigenvalue weighted by Gasteiger charge is 2.30. The summed E-state index contributed by atoms with van der Waals surface area (Å²) in [4.78, 5) is 13.0. The molecule has 1 aromatic heterocycles. The lowest BCUT2D eigenvalue weighted by atomic mass is 10.0. The van der Waals surface area contributed by atoms with Crippen LogP contribution in [0, 0.1) is 5.82 Å². The Morgan fingerprint density at radius 1 is 1.21 bits per heavy atom. The maximum atomic E-state index is 13.4. The molecule has 2 aromatic carbocycles. The zero-order chi connectivity index (χ0) is 19.3. The van der Waals surface area contributed by atoms with Gasteiger partial charge in [0.25, 0.3) is 5.91 Å². The second-order valence-electron chi connectivity index (χ2n) is 6.53. The van der Waals surface area contributed by atoms with E-state index in [1.54, 1.807) is 41.3 Å². The van der Waals surface area contributed by atoms with Crippen molar-refractivity contribution in [3.8, 4) is 11.4 Å². The largest absolute Gasteiger partial charge is 0.486 e. The molecule has 0 radical (unpaired) electrons. The highest BCUT2D eigenvalue weighted by molar-refractivity contribution is 5.98. The molecule has 144 valence electrons. The first-order valence-corrected chi connectivity index (χ1v) is 9.10. The first-order chi connectivity index (χ1) is 13.7. The maximum absolute atomic E-state index is 13.4. The van der Waals surface area contributed by atoms with Gasteiger partial charge in [-0.2, -0.15) is 5.10 Å². The summed E-state index contributed by atoms with van der Waals surface area (Å²) in [6.45, 7) is 0.844. The van der Waals surface area contributed by atoms with Crippen molar-refractivity contribution in [1.82, 2.24) is 15.1 Å². The summed E-state index contributed by atoms with van der Waals surface area (Å²) in [5.41, 5.74) is 1.21. The van der Waals surface area contributed by atoms with Gasteiger partial charge in [-0.15, -0.1) is 0 Å². The third kappa shape index (κ3) is 4.04. The van der Waals surface area contributed by atoms with Crippen LogP contribution in [0.5, 0.6) is 5.75 Å². The van der Waals surface area contributed by atoms with Gasteiger partial charge in [0.2, 0.25) is 0 Å². The van der Waals surface area contributed by atoms with E-state index in [4.69, 9.17) is 9.47 Å². The molecule has 0 saturated carbocycles. The summed E-state index contributed by atoms with van der Waals surface area (Å²) >= 11 is 0. The molecule has 2 atom stereocenters. The number of hydrogen-bond acceptors (Lipinski definition) is 4. The molecule has 6 nitrogen and oxygen atoms in total. The number of hydrogen-bond donors (Lipinski definition) is 1. The van der Waals surface area contributed by atoms with E-state index in [0.717, 1.165) is 0 Å². The Labute approximate surface area is 161 Å². The van der Waals surface area contributed by atoms with Gasteiger partial charge < -0.3 is 14.8 Å². The Morgan fingerprint density at radius 2 is 2.11 bits per heavy atom. The Balaban J connectivity index is 1.51. The van der Waals surface area contributed by atoms with Gasteiger partial charge in [0.05, 0.1) is 23.9 Å². The van der Waals surface area contributed by atoms with Crippen molar-refractivity contribution in [2.24, 2.45) is 0 Å². The SMILES string of the molecule is O=C(N[C@@H]1CCOC[C@H]1Oc1cccc(F)c1)c1ccccc1-n1cccn1. The molecular formula is C21H20FN3O3. The second kappa shape index (κ2) is 8.22. The summed E-state index contributed by atoms with van der Waals surface area (Å²) in [6.07, 6.45) is 3.65. The fourth-order valence-corrected chi connectivity index (χ4v) is 3.23. The lowest BCUT2D eigenvalue weighted by molar-refractivity contribution is -0.0136. The summed E-state index contributed by atoms with van der Waals surface area (Å²) in [6, 6.07) is 14.8. The van der Waals surface area contributed by atoms with E-state index in [1.165, 1.54) is 12.1 Å². The van der Waals surface area contributed by atoms with Crippen molar-refractivity contribution in [3.05, 3.63) is 78.4 Å².